The predicted molar refractivity (Wildman–Crippen MR) is 124 cm³/mol. The van der Waals surface area contributed by atoms with Crippen LogP contribution in [0.2, 0.25) is 0 Å². The number of carboxylic acids is 2. The molecule has 1 saturated heterocycles. The van der Waals surface area contributed by atoms with Crippen molar-refractivity contribution in [2.45, 2.75) is 76.5 Å². The van der Waals surface area contributed by atoms with Gasteiger partial charge in [-0.2, -0.15) is 11.8 Å². The maximum Gasteiger partial charge on any atom is 0.326 e. The molecule has 1 aliphatic heterocycles. The number of thioether (sulfide) groups is 1. The second-order valence-electron chi connectivity index (χ2n) is 8.20. The first-order valence-electron chi connectivity index (χ1n) is 11.2. The Bertz CT molecular complexity index is 700. The number of rotatable bonds is 15. The van der Waals surface area contributed by atoms with Crippen LogP contribution in [0.4, 0.5) is 0 Å². The number of aliphatic carboxylic acids is 2. The van der Waals surface area contributed by atoms with Crippen LogP contribution in [-0.2, 0) is 24.0 Å². The largest absolute Gasteiger partial charge is 0.481 e. The molecule has 11 nitrogen and oxygen atoms in total. The Hall–Kier alpha value is -2.34. The number of nitrogens with one attached hydrogen (secondary N) is 4. The normalized spacial score (nSPS) is 19.1. The number of carboxylic acid groups (broad SMARTS) is 2. The lowest BCUT2D eigenvalue weighted by Gasteiger charge is -2.28. The fourth-order valence-corrected chi connectivity index (χ4v) is 3.90. The first kappa shape index (κ1) is 28.7. The zero-order valence-electron chi connectivity index (χ0n) is 19.4. The van der Waals surface area contributed by atoms with Crippen LogP contribution in [-0.4, -0.2) is 82.6 Å². The summed E-state index contributed by atoms with van der Waals surface area (Å²) in [5, 5.41) is 29.0. The van der Waals surface area contributed by atoms with Crippen LogP contribution >= 0.6 is 11.8 Å². The highest BCUT2D eigenvalue weighted by Gasteiger charge is 2.33. The van der Waals surface area contributed by atoms with Crippen LogP contribution < -0.4 is 21.3 Å². The van der Waals surface area contributed by atoms with Gasteiger partial charge >= 0.3 is 11.9 Å². The number of carbonyl (C=O) groups excluding carboxylic acids is 3. The maximum absolute atomic E-state index is 13.0. The molecule has 6 N–H and O–H groups in total. The molecule has 0 aromatic rings. The Labute approximate surface area is 198 Å². The molecule has 5 atom stereocenters. The molecule has 0 aromatic carbocycles. The highest BCUT2D eigenvalue weighted by molar-refractivity contribution is 7.98. The van der Waals surface area contributed by atoms with Gasteiger partial charge < -0.3 is 31.5 Å². The third kappa shape index (κ3) is 9.99. The van der Waals surface area contributed by atoms with Crippen LogP contribution in [0.3, 0.4) is 0 Å². The molecular weight excluding hydrogens is 452 g/mol. The van der Waals surface area contributed by atoms with Gasteiger partial charge in [0.1, 0.15) is 18.1 Å². The molecule has 1 fully saturated rings. The summed E-state index contributed by atoms with van der Waals surface area (Å²) in [6.45, 7) is 4.31. The standard InChI is InChI=1S/C21H36N4O7S/c1-4-12(2)17(20(30)24-15(21(31)32)7-8-16(26)27)25-19(29)14(9-11-33-3)23-18(28)13-6-5-10-22-13/h12-15,17,22H,4-11H2,1-3H3,(H,23,28)(H,24,30)(H,25,29)(H,26,27)(H,31,32). The molecule has 0 radical (unpaired) electrons. The number of hydrogen-bond donors (Lipinski definition) is 6. The van der Waals surface area contributed by atoms with Gasteiger partial charge in [-0.25, -0.2) is 4.79 Å². The number of hydrogen-bond acceptors (Lipinski definition) is 7. The summed E-state index contributed by atoms with van der Waals surface area (Å²) in [6.07, 6.45) is 3.65. The molecule has 12 heteroatoms. The molecule has 1 rings (SSSR count). The van der Waals surface area contributed by atoms with Crippen molar-refractivity contribution in [3.05, 3.63) is 0 Å². The van der Waals surface area contributed by atoms with Crippen molar-refractivity contribution in [2.75, 3.05) is 18.6 Å². The molecule has 0 bridgehead atoms. The quantitative estimate of drug-likeness (QED) is 0.184. The summed E-state index contributed by atoms with van der Waals surface area (Å²) >= 11 is 1.52. The van der Waals surface area contributed by atoms with E-state index in [-0.39, 0.29) is 24.3 Å². The molecule has 188 valence electrons. The van der Waals surface area contributed by atoms with Crippen molar-refractivity contribution in [3.63, 3.8) is 0 Å². The number of amides is 3. The summed E-state index contributed by atoms with van der Waals surface area (Å²) < 4.78 is 0. The van der Waals surface area contributed by atoms with Crippen LogP contribution in [0.1, 0.15) is 52.4 Å². The maximum atomic E-state index is 13.0. The number of carbonyl (C=O) groups is 5. The van der Waals surface area contributed by atoms with Crippen LogP contribution in [0.25, 0.3) is 0 Å². The molecule has 3 amide bonds. The van der Waals surface area contributed by atoms with Gasteiger partial charge in [-0.05, 0) is 50.2 Å². The van der Waals surface area contributed by atoms with Crippen LogP contribution in [0, 0.1) is 5.92 Å². The van der Waals surface area contributed by atoms with Gasteiger partial charge in [0.25, 0.3) is 0 Å². The van der Waals surface area contributed by atoms with Crippen molar-refractivity contribution >= 4 is 41.4 Å². The van der Waals surface area contributed by atoms with Gasteiger partial charge in [0.2, 0.25) is 17.7 Å². The molecule has 1 aliphatic rings. The zero-order chi connectivity index (χ0) is 25.0. The fourth-order valence-electron chi connectivity index (χ4n) is 3.43. The van der Waals surface area contributed by atoms with Gasteiger partial charge in [-0.15, -0.1) is 0 Å². The molecule has 5 unspecified atom stereocenters. The lowest BCUT2D eigenvalue weighted by Crippen LogP contribution is -2.58. The highest BCUT2D eigenvalue weighted by atomic mass is 32.2. The van der Waals surface area contributed by atoms with E-state index in [0.29, 0.717) is 25.0 Å². The van der Waals surface area contributed by atoms with E-state index < -0.39 is 48.3 Å². The first-order chi connectivity index (χ1) is 15.6. The van der Waals surface area contributed by atoms with Crippen molar-refractivity contribution < 1.29 is 34.2 Å². The topological polar surface area (TPSA) is 174 Å². The van der Waals surface area contributed by atoms with E-state index in [4.69, 9.17) is 5.11 Å². The highest BCUT2D eigenvalue weighted by Crippen LogP contribution is 2.12. The van der Waals surface area contributed by atoms with Gasteiger partial charge in [0.15, 0.2) is 0 Å². The van der Waals surface area contributed by atoms with Crippen LogP contribution in [0.15, 0.2) is 0 Å². The Morgan fingerprint density at radius 3 is 2.24 bits per heavy atom. The SMILES string of the molecule is CCC(C)C(NC(=O)C(CCSC)NC(=O)C1CCCN1)C(=O)NC(CCC(=O)O)C(=O)O. The second-order valence-corrected chi connectivity index (χ2v) is 9.18. The van der Waals surface area contributed by atoms with Crippen molar-refractivity contribution in [2.24, 2.45) is 5.92 Å². The average molecular weight is 489 g/mol. The zero-order valence-corrected chi connectivity index (χ0v) is 20.2. The van der Waals surface area contributed by atoms with Crippen molar-refractivity contribution in [3.8, 4) is 0 Å². The van der Waals surface area contributed by atoms with Crippen LogP contribution in [0.5, 0.6) is 0 Å². The minimum atomic E-state index is -1.39. The van der Waals surface area contributed by atoms with Gasteiger partial charge in [-0.1, -0.05) is 20.3 Å². The van der Waals surface area contributed by atoms with E-state index in [1.54, 1.807) is 6.92 Å². The first-order valence-corrected chi connectivity index (χ1v) is 12.6. The summed E-state index contributed by atoms with van der Waals surface area (Å²) in [4.78, 5) is 60.7. The molecule has 1 heterocycles. The van der Waals surface area contributed by atoms with E-state index in [1.807, 2.05) is 13.2 Å². The average Bonchev–Trinajstić information content (AvgIpc) is 3.31. The third-order valence-corrected chi connectivity index (χ3v) is 6.32. The minimum Gasteiger partial charge on any atom is -0.481 e. The molecule has 33 heavy (non-hydrogen) atoms. The van der Waals surface area contributed by atoms with E-state index in [1.165, 1.54) is 11.8 Å². The lowest BCUT2D eigenvalue weighted by atomic mass is 9.97. The van der Waals surface area contributed by atoms with Gasteiger partial charge in [-0.3, -0.25) is 19.2 Å². The summed E-state index contributed by atoms with van der Waals surface area (Å²) in [5.74, 6) is -3.72. The van der Waals surface area contributed by atoms with Crippen molar-refractivity contribution in [1.29, 1.82) is 0 Å². The van der Waals surface area contributed by atoms with E-state index >= 15 is 0 Å². The van der Waals surface area contributed by atoms with E-state index in [2.05, 4.69) is 21.3 Å². The lowest BCUT2D eigenvalue weighted by molar-refractivity contribution is -0.143. The Morgan fingerprint density at radius 2 is 1.73 bits per heavy atom. The molecule has 0 saturated carbocycles. The predicted octanol–water partition coefficient (Wildman–Crippen LogP) is -0.0586. The van der Waals surface area contributed by atoms with E-state index in [9.17, 15) is 29.1 Å². The van der Waals surface area contributed by atoms with Gasteiger partial charge in [0.05, 0.1) is 6.04 Å². The Balaban J connectivity index is 2.91. The molecular formula is C21H36N4O7S. The summed E-state index contributed by atoms with van der Waals surface area (Å²) in [5.41, 5.74) is 0. The third-order valence-electron chi connectivity index (χ3n) is 5.68. The molecule has 0 aliphatic carbocycles. The summed E-state index contributed by atoms with van der Waals surface area (Å²) in [7, 11) is 0. The monoisotopic (exact) mass is 488 g/mol. The Kier molecular flexibility index (Phi) is 12.8. The molecule has 0 aromatic heterocycles. The molecule has 0 spiro atoms. The smallest absolute Gasteiger partial charge is 0.326 e. The van der Waals surface area contributed by atoms with E-state index in [0.717, 1.165) is 13.0 Å². The fraction of sp³-hybridized carbons (Fsp3) is 0.762. The minimum absolute atomic E-state index is 0.266. The van der Waals surface area contributed by atoms with Gasteiger partial charge in [0, 0.05) is 6.42 Å². The second kappa shape index (κ2) is 14.7. The Morgan fingerprint density at radius 1 is 1.03 bits per heavy atom. The summed E-state index contributed by atoms with van der Waals surface area (Å²) in [6, 6.07) is -3.62. The van der Waals surface area contributed by atoms with Crippen molar-refractivity contribution in [1.82, 2.24) is 21.3 Å².